The number of nitrogens with zero attached hydrogens (tertiary/aromatic N) is 5. The van der Waals surface area contributed by atoms with Crippen molar-refractivity contribution in [1.29, 1.82) is 0 Å². The van der Waals surface area contributed by atoms with E-state index in [0.717, 1.165) is 64.2 Å². The Morgan fingerprint density at radius 2 is 1.92 bits per heavy atom. The van der Waals surface area contributed by atoms with E-state index in [1.54, 1.807) is 6.92 Å². The summed E-state index contributed by atoms with van der Waals surface area (Å²) in [6.45, 7) is 10.2. The van der Waals surface area contributed by atoms with E-state index in [4.69, 9.17) is 21.1 Å². The maximum absolute atomic E-state index is 17.4. The van der Waals surface area contributed by atoms with E-state index < -0.39 is 11.6 Å². The quantitative estimate of drug-likeness (QED) is 0.291. The summed E-state index contributed by atoms with van der Waals surface area (Å²) in [4.78, 5) is 28.5. The fraction of sp³-hybridized carbons (Fsp3) is 0.447. The number of hydrogen-bond acceptors (Lipinski definition) is 8. The van der Waals surface area contributed by atoms with Crippen LogP contribution >= 0.6 is 0 Å². The van der Waals surface area contributed by atoms with Crippen molar-refractivity contribution in [2.45, 2.75) is 70.7 Å². The molecule has 4 aliphatic heterocycles. The Morgan fingerprint density at radius 3 is 2.67 bits per heavy atom. The van der Waals surface area contributed by atoms with Gasteiger partial charge in [-0.3, -0.25) is 9.69 Å². The van der Waals surface area contributed by atoms with Crippen LogP contribution < -0.4 is 15.0 Å². The SMILES string of the molecule is C#Cc1c(F)ccc2cc(O)cc(-c3nc4c5c(nc(CCCN6CCN(C(C)=O)CC6)c(C)c5c3F)N3C[C@H]5CC[C@H](N5)[C@H]3[C@H](C)O4)c12. The van der Waals surface area contributed by atoms with Crippen molar-refractivity contribution in [1.82, 2.24) is 25.1 Å². The minimum absolute atomic E-state index is 0.0230. The molecule has 49 heavy (non-hydrogen) atoms. The van der Waals surface area contributed by atoms with Gasteiger partial charge in [0, 0.05) is 73.8 Å². The van der Waals surface area contributed by atoms with Crippen molar-refractivity contribution >= 4 is 33.3 Å². The molecule has 3 saturated heterocycles. The third-order valence-electron chi connectivity index (χ3n) is 11.0. The summed E-state index contributed by atoms with van der Waals surface area (Å²) in [5.74, 6) is 2.17. The van der Waals surface area contributed by atoms with Gasteiger partial charge in [0.2, 0.25) is 11.8 Å². The van der Waals surface area contributed by atoms with Gasteiger partial charge < -0.3 is 25.0 Å². The highest BCUT2D eigenvalue weighted by Gasteiger charge is 2.47. The molecule has 2 aromatic heterocycles. The zero-order chi connectivity index (χ0) is 34.1. The smallest absolute Gasteiger partial charge is 0.226 e. The van der Waals surface area contributed by atoms with Crippen LogP contribution in [0.15, 0.2) is 24.3 Å². The molecule has 4 atom stereocenters. The third-order valence-corrected chi connectivity index (χ3v) is 11.0. The number of pyridine rings is 2. The van der Waals surface area contributed by atoms with Gasteiger partial charge in [-0.1, -0.05) is 12.0 Å². The zero-order valence-corrected chi connectivity index (χ0v) is 28.0. The number of anilines is 1. The molecule has 254 valence electrons. The first-order chi connectivity index (χ1) is 23.6. The Balaban J connectivity index is 1.28. The van der Waals surface area contributed by atoms with Crippen molar-refractivity contribution in [2.24, 2.45) is 0 Å². The van der Waals surface area contributed by atoms with Gasteiger partial charge in [-0.2, -0.15) is 0 Å². The van der Waals surface area contributed by atoms with Gasteiger partial charge in [0.05, 0.1) is 17.0 Å². The Labute approximate surface area is 284 Å². The number of carbonyl (C=O) groups excluding carboxylic acids is 1. The lowest BCUT2D eigenvalue weighted by atomic mass is 9.94. The number of nitrogens with one attached hydrogen (secondary N) is 1. The van der Waals surface area contributed by atoms with E-state index in [1.165, 1.54) is 24.3 Å². The minimum Gasteiger partial charge on any atom is -0.508 e. The van der Waals surface area contributed by atoms with Gasteiger partial charge in [-0.25, -0.2) is 18.7 Å². The van der Waals surface area contributed by atoms with Gasteiger partial charge in [0.25, 0.3) is 0 Å². The fourth-order valence-corrected chi connectivity index (χ4v) is 8.63. The number of aromatic hydroxyl groups is 1. The number of carbonyl (C=O) groups is 1. The van der Waals surface area contributed by atoms with E-state index in [9.17, 15) is 9.90 Å². The number of phenolic OH excluding ortho intramolecular Hbond substituents is 1. The summed E-state index contributed by atoms with van der Waals surface area (Å²) in [6, 6.07) is 6.11. The predicted octanol–water partition coefficient (Wildman–Crippen LogP) is 4.91. The molecule has 11 heteroatoms. The fourth-order valence-electron chi connectivity index (χ4n) is 8.63. The minimum atomic E-state index is -0.613. The number of ether oxygens (including phenoxy) is 1. The number of fused-ring (bicyclic) bond motifs is 6. The van der Waals surface area contributed by atoms with Crippen LogP contribution in [0.25, 0.3) is 32.8 Å². The van der Waals surface area contributed by atoms with Crippen LogP contribution in [-0.2, 0) is 11.2 Å². The van der Waals surface area contributed by atoms with Gasteiger partial charge >= 0.3 is 0 Å². The van der Waals surface area contributed by atoms with Crippen LogP contribution in [0, 0.1) is 30.9 Å². The van der Waals surface area contributed by atoms with Crippen LogP contribution in [0.5, 0.6) is 11.6 Å². The molecular weight excluding hydrogens is 626 g/mol. The molecule has 2 aromatic carbocycles. The maximum atomic E-state index is 17.4. The van der Waals surface area contributed by atoms with Crippen LogP contribution in [0.2, 0.25) is 0 Å². The monoisotopic (exact) mass is 666 g/mol. The average Bonchev–Trinajstić information content (AvgIpc) is 3.41. The molecule has 1 amide bonds. The van der Waals surface area contributed by atoms with Gasteiger partial charge in [-0.05, 0) is 75.2 Å². The number of phenols is 1. The Kier molecular flexibility index (Phi) is 7.84. The molecule has 6 heterocycles. The number of terminal acetylenes is 1. The van der Waals surface area contributed by atoms with Crippen molar-refractivity contribution < 1.29 is 23.4 Å². The highest BCUT2D eigenvalue weighted by molar-refractivity contribution is 6.06. The lowest BCUT2D eigenvalue weighted by molar-refractivity contribution is -0.130. The molecule has 0 radical (unpaired) electrons. The number of aromatic nitrogens is 2. The normalized spacial score (nSPS) is 23.3. The van der Waals surface area contributed by atoms with Crippen LogP contribution in [-0.4, -0.2) is 94.3 Å². The number of halogens is 2. The molecule has 9 nitrogen and oxygen atoms in total. The summed E-state index contributed by atoms with van der Waals surface area (Å²) >= 11 is 0. The second kappa shape index (κ2) is 12.1. The molecular formula is C38H40F2N6O3. The lowest BCUT2D eigenvalue weighted by Crippen LogP contribution is -2.62. The summed E-state index contributed by atoms with van der Waals surface area (Å²) in [5, 5.41) is 16.2. The Morgan fingerprint density at radius 1 is 1.12 bits per heavy atom. The predicted molar refractivity (Wildman–Crippen MR) is 185 cm³/mol. The van der Waals surface area contributed by atoms with Gasteiger partial charge in [0.1, 0.15) is 29.2 Å². The Hall–Kier alpha value is -4.53. The molecule has 3 fully saturated rings. The molecule has 4 aromatic rings. The summed E-state index contributed by atoms with van der Waals surface area (Å²) in [7, 11) is 0. The van der Waals surface area contributed by atoms with Crippen molar-refractivity contribution in [2.75, 3.05) is 44.2 Å². The molecule has 0 unspecified atom stereocenters. The summed E-state index contributed by atoms with van der Waals surface area (Å²) in [6.07, 6.45) is 9.01. The molecule has 2 N–H and O–H groups in total. The van der Waals surface area contributed by atoms with Crippen LogP contribution in [0.3, 0.4) is 0 Å². The highest BCUT2D eigenvalue weighted by atomic mass is 19.1. The average molecular weight is 667 g/mol. The molecule has 4 aliphatic rings. The number of piperazine rings is 2. The van der Waals surface area contributed by atoms with E-state index in [0.29, 0.717) is 45.4 Å². The Bertz CT molecular complexity index is 2060. The molecule has 0 saturated carbocycles. The van der Waals surface area contributed by atoms with Crippen LogP contribution in [0.4, 0.5) is 14.6 Å². The highest BCUT2D eigenvalue weighted by Crippen LogP contribution is 2.47. The van der Waals surface area contributed by atoms with Crippen molar-refractivity contribution in [3.05, 3.63) is 52.7 Å². The number of hydrogen-bond donors (Lipinski definition) is 2. The van der Waals surface area contributed by atoms with E-state index in [2.05, 4.69) is 21.0 Å². The number of amides is 1. The summed E-state index contributed by atoms with van der Waals surface area (Å²) in [5.41, 5.74) is 1.61. The third kappa shape index (κ3) is 5.24. The standard InChI is InChI=1S/C38H40F2N6O3/c1-5-26-28(39)10-8-23-17-25(48)18-27(32(23)26)35-34(40)31-20(2)29(7-6-12-44-13-15-45(16-14-44)22(4)47)42-37-33(31)38(43-35)49-21(3)36-30-11-9-24(41-30)19-46(36)37/h1,8,10,17-18,21,24,30,36,41,48H,6-7,9,11-16,19H2,2-4H3/t21-,24+,30-,36+/m0/s1. The van der Waals surface area contributed by atoms with Crippen molar-refractivity contribution in [3.63, 3.8) is 0 Å². The second-order valence-corrected chi connectivity index (χ2v) is 14.0. The van der Waals surface area contributed by atoms with Gasteiger partial charge in [0.15, 0.2) is 5.82 Å². The van der Waals surface area contributed by atoms with Crippen molar-refractivity contribution in [3.8, 4) is 35.2 Å². The van der Waals surface area contributed by atoms with E-state index in [-0.39, 0.29) is 52.5 Å². The molecule has 0 aliphatic carbocycles. The first-order valence-electron chi connectivity index (χ1n) is 17.2. The number of aryl methyl sites for hydroxylation is 2. The summed E-state index contributed by atoms with van der Waals surface area (Å²) < 4.78 is 39.1. The first-order valence-corrected chi connectivity index (χ1v) is 17.2. The van der Waals surface area contributed by atoms with E-state index in [1.807, 2.05) is 18.7 Å². The molecule has 2 bridgehead atoms. The zero-order valence-electron chi connectivity index (χ0n) is 28.0. The molecule has 0 spiro atoms. The van der Waals surface area contributed by atoms with Gasteiger partial charge in [-0.15, -0.1) is 6.42 Å². The molecule has 8 rings (SSSR count). The topological polar surface area (TPSA) is 94.1 Å². The number of benzene rings is 2. The number of rotatable bonds is 5. The maximum Gasteiger partial charge on any atom is 0.226 e. The second-order valence-electron chi connectivity index (χ2n) is 14.0. The van der Waals surface area contributed by atoms with E-state index >= 15 is 8.78 Å². The largest absolute Gasteiger partial charge is 0.508 e. The van der Waals surface area contributed by atoms with Crippen LogP contribution in [0.1, 0.15) is 49.9 Å². The lowest BCUT2D eigenvalue weighted by Gasteiger charge is -2.43. The first kappa shape index (κ1) is 31.7.